The fraction of sp³-hybridized carbons (Fsp3) is 0.286. The van der Waals surface area contributed by atoms with Gasteiger partial charge in [-0.15, -0.1) is 0 Å². The zero-order valence-corrected chi connectivity index (χ0v) is 11.9. The molecular formula is C14H17N3OS. The average Bonchev–Trinajstić information content (AvgIpc) is 2.46. The minimum atomic E-state index is 0.511. The number of aromatic nitrogens is 2. The number of thioether (sulfide) groups is 1. The van der Waals surface area contributed by atoms with Gasteiger partial charge in [0, 0.05) is 12.6 Å². The molecule has 0 radical (unpaired) electrons. The third kappa shape index (κ3) is 4.13. The first-order valence-electron chi connectivity index (χ1n) is 6.15. The van der Waals surface area contributed by atoms with Gasteiger partial charge < -0.3 is 10.1 Å². The highest BCUT2D eigenvalue weighted by atomic mass is 32.2. The fourth-order valence-corrected chi connectivity index (χ4v) is 1.94. The van der Waals surface area contributed by atoms with E-state index < -0.39 is 0 Å². The predicted octanol–water partition coefficient (Wildman–Crippen LogP) is 3.21. The maximum Gasteiger partial charge on any atom is 0.219 e. The third-order valence-electron chi connectivity index (χ3n) is 2.45. The van der Waals surface area contributed by atoms with Crippen molar-refractivity contribution in [3.63, 3.8) is 0 Å². The third-order valence-corrected chi connectivity index (χ3v) is 3.00. The Morgan fingerprint density at radius 2 is 2.00 bits per heavy atom. The van der Waals surface area contributed by atoms with E-state index in [1.165, 1.54) is 11.8 Å². The molecule has 0 saturated carbocycles. The van der Waals surface area contributed by atoms with Crippen LogP contribution in [0.25, 0.3) is 0 Å². The van der Waals surface area contributed by atoms with Crippen LogP contribution in [0.2, 0.25) is 0 Å². The van der Waals surface area contributed by atoms with Crippen molar-refractivity contribution in [1.82, 2.24) is 9.97 Å². The zero-order valence-electron chi connectivity index (χ0n) is 11.1. The van der Waals surface area contributed by atoms with Crippen molar-refractivity contribution in [2.24, 2.45) is 0 Å². The van der Waals surface area contributed by atoms with Crippen LogP contribution in [-0.2, 0) is 6.61 Å². The van der Waals surface area contributed by atoms with E-state index in [-0.39, 0.29) is 0 Å². The van der Waals surface area contributed by atoms with Crippen molar-refractivity contribution in [1.29, 1.82) is 0 Å². The molecule has 0 aliphatic rings. The Labute approximate surface area is 117 Å². The first-order valence-corrected chi connectivity index (χ1v) is 7.38. The second-order valence-corrected chi connectivity index (χ2v) is 4.66. The van der Waals surface area contributed by atoms with Crippen molar-refractivity contribution in [2.75, 3.05) is 18.1 Å². The van der Waals surface area contributed by atoms with E-state index in [0.717, 1.165) is 17.9 Å². The quantitative estimate of drug-likeness (QED) is 0.648. The number of rotatable bonds is 6. The summed E-state index contributed by atoms with van der Waals surface area (Å²) in [7, 11) is 0. The Bertz CT molecular complexity index is 519. The smallest absolute Gasteiger partial charge is 0.219 e. The summed E-state index contributed by atoms with van der Waals surface area (Å²) in [6.45, 7) is 3.37. The van der Waals surface area contributed by atoms with Crippen molar-refractivity contribution >= 4 is 17.6 Å². The van der Waals surface area contributed by atoms with E-state index in [0.29, 0.717) is 17.6 Å². The molecule has 0 unspecified atom stereocenters. The number of nitrogens with zero attached hydrogens (tertiary/aromatic N) is 2. The van der Waals surface area contributed by atoms with E-state index in [9.17, 15) is 0 Å². The van der Waals surface area contributed by atoms with Gasteiger partial charge in [0.05, 0.1) is 0 Å². The number of hydrogen-bond donors (Lipinski definition) is 1. The molecule has 1 heterocycles. The minimum absolute atomic E-state index is 0.511. The van der Waals surface area contributed by atoms with Gasteiger partial charge in [-0.1, -0.05) is 42.1 Å². The van der Waals surface area contributed by atoms with Crippen molar-refractivity contribution in [3.8, 4) is 5.88 Å². The normalized spacial score (nSPS) is 10.2. The van der Waals surface area contributed by atoms with E-state index in [4.69, 9.17) is 4.74 Å². The summed E-state index contributed by atoms with van der Waals surface area (Å²) in [6, 6.07) is 11.9. The summed E-state index contributed by atoms with van der Waals surface area (Å²) in [5, 5.41) is 3.89. The molecule has 19 heavy (non-hydrogen) atoms. The van der Waals surface area contributed by atoms with Gasteiger partial charge in [0.2, 0.25) is 5.88 Å². The molecule has 2 rings (SSSR count). The van der Waals surface area contributed by atoms with Gasteiger partial charge in [-0.3, -0.25) is 0 Å². The van der Waals surface area contributed by atoms with E-state index in [1.54, 1.807) is 0 Å². The standard InChI is InChI=1S/C14H17N3OS/c1-3-15-12-9-13(17-14(16-12)19-2)18-10-11-7-5-4-6-8-11/h4-9H,3,10H2,1-2H3,(H,15,16,17). The van der Waals surface area contributed by atoms with Gasteiger partial charge in [0.15, 0.2) is 5.16 Å². The molecule has 0 saturated heterocycles. The van der Waals surface area contributed by atoms with Gasteiger partial charge >= 0.3 is 0 Å². The highest BCUT2D eigenvalue weighted by Crippen LogP contribution is 2.19. The van der Waals surface area contributed by atoms with Gasteiger partial charge in [-0.2, -0.15) is 4.98 Å². The predicted molar refractivity (Wildman–Crippen MR) is 78.8 cm³/mol. The topological polar surface area (TPSA) is 47.0 Å². The fourth-order valence-electron chi connectivity index (χ4n) is 1.57. The summed E-state index contributed by atoms with van der Waals surface area (Å²) in [5.74, 6) is 1.39. The van der Waals surface area contributed by atoms with Crippen molar-refractivity contribution < 1.29 is 4.74 Å². The molecule has 0 aliphatic carbocycles. The molecule has 1 aromatic heterocycles. The highest BCUT2D eigenvalue weighted by Gasteiger charge is 2.04. The molecule has 1 aromatic carbocycles. The average molecular weight is 275 g/mol. The summed E-state index contributed by atoms with van der Waals surface area (Å²) in [5.41, 5.74) is 1.12. The van der Waals surface area contributed by atoms with Gasteiger partial charge in [0.25, 0.3) is 0 Å². The summed E-state index contributed by atoms with van der Waals surface area (Å²) < 4.78 is 5.72. The maximum atomic E-state index is 5.72. The van der Waals surface area contributed by atoms with Crippen LogP contribution in [0.1, 0.15) is 12.5 Å². The van der Waals surface area contributed by atoms with Crippen molar-refractivity contribution in [3.05, 3.63) is 42.0 Å². The monoisotopic (exact) mass is 275 g/mol. The van der Waals surface area contributed by atoms with Crippen LogP contribution in [0.4, 0.5) is 5.82 Å². The molecule has 4 nitrogen and oxygen atoms in total. The molecule has 2 aromatic rings. The number of hydrogen-bond acceptors (Lipinski definition) is 5. The Morgan fingerprint density at radius 1 is 1.21 bits per heavy atom. The van der Waals surface area contributed by atoms with Crippen LogP contribution >= 0.6 is 11.8 Å². The zero-order chi connectivity index (χ0) is 13.5. The van der Waals surface area contributed by atoms with E-state index in [1.807, 2.05) is 49.6 Å². The maximum absolute atomic E-state index is 5.72. The molecule has 0 atom stereocenters. The lowest BCUT2D eigenvalue weighted by Gasteiger charge is -2.09. The number of benzene rings is 1. The molecular weight excluding hydrogens is 258 g/mol. The van der Waals surface area contributed by atoms with Gasteiger partial charge in [-0.05, 0) is 18.7 Å². The van der Waals surface area contributed by atoms with E-state index >= 15 is 0 Å². The number of nitrogens with one attached hydrogen (secondary N) is 1. The van der Waals surface area contributed by atoms with Gasteiger partial charge in [-0.25, -0.2) is 4.98 Å². The molecule has 0 spiro atoms. The van der Waals surface area contributed by atoms with Crippen LogP contribution < -0.4 is 10.1 Å². The Morgan fingerprint density at radius 3 is 2.68 bits per heavy atom. The first-order chi connectivity index (χ1) is 9.31. The Hall–Kier alpha value is -1.75. The first kappa shape index (κ1) is 13.7. The molecule has 0 bridgehead atoms. The minimum Gasteiger partial charge on any atom is -0.473 e. The second kappa shape index (κ2) is 6.99. The Balaban J connectivity index is 2.08. The van der Waals surface area contributed by atoms with Crippen LogP contribution in [0.5, 0.6) is 5.88 Å². The molecule has 0 fully saturated rings. The van der Waals surface area contributed by atoms with Crippen LogP contribution in [0.15, 0.2) is 41.6 Å². The number of ether oxygens (including phenoxy) is 1. The second-order valence-electron chi connectivity index (χ2n) is 3.88. The SMILES string of the molecule is CCNc1cc(OCc2ccccc2)nc(SC)n1. The summed E-state index contributed by atoms with van der Waals surface area (Å²) >= 11 is 1.50. The van der Waals surface area contributed by atoms with E-state index in [2.05, 4.69) is 15.3 Å². The van der Waals surface area contributed by atoms with Crippen molar-refractivity contribution in [2.45, 2.75) is 18.7 Å². The largest absolute Gasteiger partial charge is 0.473 e. The highest BCUT2D eigenvalue weighted by molar-refractivity contribution is 7.98. The number of anilines is 1. The lowest BCUT2D eigenvalue weighted by atomic mass is 10.2. The molecule has 1 N–H and O–H groups in total. The molecule has 0 amide bonds. The van der Waals surface area contributed by atoms with Crippen LogP contribution in [0, 0.1) is 0 Å². The summed E-state index contributed by atoms with van der Waals surface area (Å²) in [4.78, 5) is 8.70. The van der Waals surface area contributed by atoms with Crippen LogP contribution in [-0.4, -0.2) is 22.8 Å². The Kier molecular flexibility index (Phi) is 5.03. The molecule has 100 valence electrons. The lowest BCUT2D eigenvalue weighted by Crippen LogP contribution is -2.04. The summed E-state index contributed by atoms with van der Waals surface area (Å²) in [6.07, 6.45) is 1.95. The lowest BCUT2D eigenvalue weighted by molar-refractivity contribution is 0.291. The molecule has 5 heteroatoms. The van der Waals surface area contributed by atoms with Gasteiger partial charge in [0.1, 0.15) is 12.4 Å². The van der Waals surface area contributed by atoms with Crippen LogP contribution in [0.3, 0.4) is 0 Å². The molecule has 0 aliphatic heterocycles.